The Morgan fingerprint density at radius 3 is 2.50 bits per heavy atom. The van der Waals surface area contributed by atoms with Gasteiger partial charge in [-0.1, -0.05) is 40.5 Å². The van der Waals surface area contributed by atoms with Gasteiger partial charge >= 0.3 is 0 Å². The summed E-state index contributed by atoms with van der Waals surface area (Å²) in [5, 5.41) is 11.8. The van der Waals surface area contributed by atoms with Gasteiger partial charge < -0.3 is 14.6 Å². The van der Waals surface area contributed by atoms with E-state index >= 15 is 0 Å². The fraction of sp³-hybridized carbons (Fsp3) is 1.00. The largest absolute Gasteiger partial charge is 0.393 e. The molecule has 0 aromatic heterocycles. The number of aliphatic hydroxyl groups is 1. The molecule has 4 aliphatic carbocycles. The summed E-state index contributed by atoms with van der Waals surface area (Å²) in [4.78, 5) is 0. The molecule has 3 nitrogen and oxygen atoms in total. The van der Waals surface area contributed by atoms with Gasteiger partial charge in [-0.25, -0.2) is 0 Å². The summed E-state index contributed by atoms with van der Waals surface area (Å²) < 4.78 is 13.3. The van der Waals surface area contributed by atoms with Crippen molar-refractivity contribution in [3.05, 3.63) is 0 Å². The van der Waals surface area contributed by atoms with Crippen LogP contribution in [0.25, 0.3) is 0 Å². The number of rotatable bonds is 0. The fourth-order valence-electron chi connectivity index (χ4n) is 10.3. The number of hydrogen-bond acceptors (Lipinski definition) is 3. The van der Waals surface area contributed by atoms with Crippen LogP contribution in [0.3, 0.4) is 0 Å². The lowest BCUT2D eigenvalue weighted by Gasteiger charge is -2.62. The zero-order valence-electron chi connectivity index (χ0n) is 19.7. The normalized spacial score (nSPS) is 62.5. The van der Waals surface area contributed by atoms with Gasteiger partial charge in [-0.2, -0.15) is 0 Å². The molecule has 0 aromatic carbocycles. The second-order valence-electron chi connectivity index (χ2n) is 13.0. The minimum Gasteiger partial charge on any atom is -0.393 e. The highest BCUT2D eigenvalue weighted by molar-refractivity contribution is 5.17. The molecule has 170 valence electrons. The standard InChI is InChI=1S/C27H44O3/c1-16-10-12-27(29-15-16)17(2)24-22(30-27)13-21-19-9-8-18-7-5-6-11-25(18,3)20(19)14-23(28)26(21,24)4/h16-24,28H,5-15H2,1-4H3/t16-,17-,18+,19+,20-,21-,22+,23-,24-,25-,26+,27+/m0/s1. The van der Waals surface area contributed by atoms with E-state index in [4.69, 9.17) is 9.47 Å². The van der Waals surface area contributed by atoms with Gasteiger partial charge in [0.1, 0.15) is 0 Å². The zero-order chi connectivity index (χ0) is 20.9. The molecule has 0 radical (unpaired) electrons. The Morgan fingerprint density at radius 1 is 0.900 bits per heavy atom. The Morgan fingerprint density at radius 2 is 1.73 bits per heavy atom. The molecule has 3 heteroatoms. The van der Waals surface area contributed by atoms with E-state index < -0.39 is 0 Å². The molecule has 4 saturated carbocycles. The van der Waals surface area contributed by atoms with E-state index in [1.807, 2.05) is 0 Å². The molecule has 6 rings (SSSR count). The van der Waals surface area contributed by atoms with E-state index in [1.165, 1.54) is 44.9 Å². The molecule has 1 spiro atoms. The molecule has 30 heavy (non-hydrogen) atoms. The highest BCUT2D eigenvalue weighted by Crippen LogP contribution is 2.71. The maximum atomic E-state index is 11.8. The molecule has 0 amide bonds. The minimum absolute atomic E-state index is 0.000956. The van der Waals surface area contributed by atoms with Gasteiger partial charge in [-0.15, -0.1) is 0 Å². The maximum Gasteiger partial charge on any atom is 0.171 e. The summed E-state index contributed by atoms with van der Waals surface area (Å²) >= 11 is 0. The van der Waals surface area contributed by atoms with Crippen molar-refractivity contribution in [3.63, 3.8) is 0 Å². The topological polar surface area (TPSA) is 38.7 Å². The average molecular weight is 417 g/mol. The Balaban J connectivity index is 1.31. The number of ether oxygens (including phenoxy) is 2. The molecule has 12 atom stereocenters. The summed E-state index contributed by atoms with van der Waals surface area (Å²) in [6.45, 7) is 10.5. The first-order chi connectivity index (χ1) is 14.3. The lowest BCUT2D eigenvalue weighted by Crippen LogP contribution is -2.59. The third kappa shape index (κ3) is 2.49. The van der Waals surface area contributed by atoms with Crippen LogP contribution < -0.4 is 0 Å². The van der Waals surface area contributed by atoms with Crippen LogP contribution in [0, 0.1) is 52.3 Å². The van der Waals surface area contributed by atoms with Crippen molar-refractivity contribution in [3.8, 4) is 0 Å². The molecule has 2 aliphatic heterocycles. The maximum absolute atomic E-state index is 11.8. The smallest absolute Gasteiger partial charge is 0.171 e. The molecule has 2 heterocycles. The summed E-state index contributed by atoms with van der Waals surface area (Å²) in [7, 11) is 0. The van der Waals surface area contributed by atoms with Gasteiger partial charge in [0.25, 0.3) is 0 Å². The van der Waals surface area contributed by atoms with Crippen LogP contribution >= 0.6 is 0 Å². The fourth-order valence-corrected chi connectivity index (χ4v) is 10.3. The Labute approximate surface area is 183 Å². The number of aliphatic hydroxyl groups excluding tert-OH is 1. The first-order valence-electron chi connectivity index (χ1n) is 13.3. The molecule has 6 fully saturated rings. The third-order valence-corrected chi connectivity index (χ3v) is 12.0. The molecule has 2 saturated heterocycles. The van der Waals surface area contributed by atoms with Crippen LogP contribution in [0.1, 0.15) is 91.9 Å². The van der Waals surface area contributed by atoms with E-state index in [9.17, 15) is 5.11 Å². The molecule has 6 aliphatic rings. The van der Waals surface area contributed by atoms with Gasteiger partial charge in [0.05, 0.1) is 18.8 Å². The molecular formula is C27H44O3. The van der Waals surface area contributed by atoms with Crippen molar-refractivity contribution in [2.45, 2.75) is 110 Å². The zero-order valence-corrected chi connectivity index (χ0v) is 19.7. The SMILES string of the molecule is C[C@H]1CC[C@@]2(OC1)O[C@@H]1C[C@H]3[C@@H]4CC[C@H]5CCCC[C@]5(C)[C@H]4C[C@H](O)[C@]3(C)[C@H]1[C@@H]2C. The van der Waals surface area contributed by atoms with Crippen molar-refractivity contribution in [2.75, 3.05) is 6.61 Å². The highest BCUT2D eigenvalue weighted by Gasteiger charge is 2.71. The van der Waals surface area contributed by atoms with E-state index in [2.05, 4.69) is 27.7 Å². The summed E-state index contributed by atoms with van der Waals surface area (Å²) in [6.07, 6.45) is 13.0. The lowest BCUT2D eigenvalue weighted by molar-refractivity contribution is -0.274. The van der Waals surface area contributed by atoms with Crippen molar-refractivity contribution in [1.82, 2.24) is 0 Å². The Hall–Kier alpha value is -0.120. The average Bonchev–Trinajstić information content (AvgIpc) is 3.17. The summed E-state index contributed by atoms with van der Waals surface area (Å²) in [5.74, 6) is 4.15. The van der Waals surface area contributed by atoms with Gasteiger partial charge in [0, 0.05) is 23.7 Å². The first-order valence-corrected chi connectivity index (χ1v) is 13.3. The molecular weight excluding hydrogens is 372 g/mol. The van der Waals surface area contributed by atoms with Gasteiger partial charge in [0.15, 0.2) is 5.79 Å². The quantitative estimate of drug-likeness (QED) is 0.543. The van der Waals surface area contributed by atoms with Crippen LogP contribution in [0.2, 0.25) is 0 Å². The number of hydrogen-bond donors (Lipinski definition) is 1. The second kappa shape index (κ2) is 6.70. The minimum atomic E-state index is -0.376. The van der Waals surface area contributed by atoms with E-state index in [0.717, 1.165) is 43.6 Å². The second-order valence-corrected chi connectivity index (χ2v) is 13.0. The van der Waals surface area contributed by atoms with E-state index in [-0.39, 0.29) is 23.4 Å². The Kier molecular flexibility index (Phi) is 4.58. The summed E-state index contributed by atoms with van der Waals surface area (Å²) in [6, 6.07) is 0. The Bertz CT molecular complexity index is 684. The molecule has 0 aromatic rings. The van der Waals surface area contributed by atoms with E-state index in [0.29, 0.717) is 29.1 Å². The highest BCUT2D eigenvalue weighted by atomic mass is 16.7. The van der Waals surface area contributed by atoms with Crippen molar-refractivity contribution in [2.24, 2.45) is 52.3 Å². The number of fused-ring (bicyclic) bond motifs is 7. The first kappa shape index (κ1) is 20.5. The van der Waals surface area contributed by atoms with Crippen molar-refractivity contribution >= 4 is 0 Å². The van der Waals surface area contributed by atoms with Crippen LogP contribution in [0.4, 0.5) is 0 Å². The monoisotopic (exact) mass is 416 g/mol. The predicted molar refractivity (Wildman–Crippen MR) is 118 cm³/mol. The molecule has 0 bridgehead atoms. The third-order valence-electron chi connectivity index (χ3n) is 12.0. The van der Waals surface area contributed by atoms with Crippen LogP contribution in [0.5, 0.6) is 0 Å². The lowest BCUT2D eigenvalue weighted by atomic mass is 9.44. The van der Waals surface area contributed by atoms with Crippen LogP contribution in [-0.4, -0.2) is 29.7 Å². The molecule has 1 N–H and O–H groups in total. The summed E-state index contributed by atoms with van der Waals surface area (Å²) in [5.41, 5.74) is 0.469. The van der Waals surface area contributed by atoms with Gasteiger partial charge in [-0.05, 0) is 80.0 Å². The van der Waals surface area contributed by atoms with Crippen molar-refractivity contribution in [1.29, 1.82) is 0 Å². The van der Waals surface area contributed by atoms with Gasteiger partial charge in [-0.3, -0.25) is 0 Å². The van der Waals surface area contributed by atoms with Crippen LogP contribution in [0.15, 0.2) is 0 Å². The van der Waals surface area contributed by atoms with Crippen molar-refractivity contribution < 1.29 is 14.6 Å². The van der Waals surface area contributed by atoms with Crippen LogP contribution in [-0.2, 0) is 9.47 Å². The predicted octanol–water partition coefficient (Wildman–Crippen LogP) is 5.79. The molecule has 0 unspecified atom stereocenters. The van der Waals surface area contributed by atoms with E-state index in [1.54, 1.807) is 0 Å². The van der Waals surface area contributed by atoms with Gasteiger partial charge in [0.2, 0.25) is 0 Å².